The summed E-state index contributed by atoms with van der Waals surface area (Å²) in [4.78, 5) is 26.1. The molecule has 0 radical (unpaired) electrons. The number of likely N-dealkylation sites (tertiary alicyclic amines) is 1. The van der Waals surface area contributed by atoms with Crippen LogP contribution in [0, 0.1) is 11.7 Å². The van der Waals surface area contributed by atoms with Gasteiger partial charge in [-0.1, -0.05) is 12.1 Å². The lowest BCUT2D eigenvalue weighted by Crippen LogP contribution is -2.31. The van der Waals surface area contributed by atoms with Gasteiger partial charge >= 0.3 is 0 Å². The second kappa shape index (κ2) is 7.99. The molecule has 5 nitrogen and oxygen atoms in total. The van der Waals surface area contributed by atoms with Crippen LogP contribution in [0.1, 0.15) is 22.3 Å². The average molecular weight is 356 g/mol. The number of carbonyl (C=O) groups excluding carboxylic acids is 2. The van der Waals surface area contributed by atoms with E-state index < -0.39 is 0 Å². The lowest BCUT2D eigenvalue weighted by molar-refractivity contribution is -0.128. The Bertz CT molecular complexity index is 775. The Morgan fingerprint density at radius 2 is 1.88 bits per heavy atom. The third-order valence-corrected chi connectivity index (χ3v) is 4.48. The van der Waals surface area contributed by atoms with Crippen molar-refractivity contribution in [1.82, 2.24) is 10.2 Å². The molecule has 2 aromatic carbocycles. The van der Waals surface area contributed by atoms with Crippen LogP contribution in [-0.2, 0) is 11.3 Å². The van der Waals surface area contributed by atoms with Crippen molar-refractivity contribution in [1.29, 1.82) is 0 Å². The van der Waals surface area contributed by atoms with E-state index in [2.05, 4.69) is 5.32 Å². The maximum Gasteiger partial charge on any atom is 0.251 e. The van der Waals surface area contributed by atoms with E-state index in [9.17, 15) is 14.0 Å². The molecule has 136 valence electrons. The van der Waals surface area contributed by atoms with Gasteiger partial charge in [0.1, 0.15) is 11.6 Å². The number of carbonyl (C=O) groups is 2. The first-order valence-corrected chi connectivity index (χ1v) is 8.49. The zero-order chi connectivity index (χ0) is 18.5. The van der Waals surface area contributed by atoms with Crippen molar-refractivity contribution >= 4 is 11.8 Å². The second-order valence-corrected chi connectivity index (χ2v) is 6.41. The molecule has 1 N–H and O–H groups in total. The number of amides is 2. The fraction of sp³-hybridized carbons (Fsp3) is 0.300. The summed E-state index contributed by atoms with van der Waals surface area (Å²) in [5.41, 5.74) is 1.45. The van der Waals surface area contributed by atoms with Crippen LogP contribution in [0.4, 0.5) is 4.39 Å². The van der Waals surface area contributed by atoms with E-state index in [0.29, 0.717) is 37.4 Å². The van der Waals surface area contributed by atoms with Gasteiger partial charge in [0.15, 0.2) is 0 Å². The highest BCUT2D eigenvalue weighted by molar-refractivity contribution is 5.94. The van der Waals surface area contributed by atoms with E-state index in [1.54, 1.807) is 48.4 Å². The van der Waals surface area contributed by atoms with Crippen molar-refractivity contribution in [3.05, 3.63) is 65.5 Å². The van der Waals surface area contributed by atoms with E-state index in [0.717, 1.165) is 5.56 Å². The number of halogens is 1. The number of nitrogens with zero attached hydrogens (tertiary/aromatic N) is 1. The predicted octanol–water partition coefficient (Wildman–Crippen LogP) is 2.61. The summed E-state index contributed by atoms with van der Waals surface area (Å²) >= 11 is 0. The Kier molecular flexibility index (Phi) is 5.51. The summed E-state index contributed by atoms with van der Waals surface area (Å²) in [7, 11) is 1.57. The number of hydrogen-bond donors (Lipinski definition) is 1. The highest BCUT2D eigenvalue weighted by Gasteiger charge is 2.29. The average Bonchev–Trinajstić information content (AvgIpc) is 3.01. The molecule has 0 aliphatic carbocycles. The molecule has 0 unspecified atom stereocenters. The molecule has 3 rings (SSSR count). The van der Waals surface area contributed by atoms with E-state index in [4.69, 9.17) is 4.74 Å². The van der Waals surface area contributed by atoms with Crippen molar-refractivity contribution in [2.75, 3.05) is 20.2 Å². The first-order valence-electron chi connectivity index (χ1n) is 8.49. The lowest BCUT2D eigenvalue weighted by atomic mass is 10.1. The largest absolute Gasteiger partial charge is 0.497 e. The van der Waals surface area contributed by atoms with Crippen LogP contribution in [0.5, 0.6) is 5.75 Å². The van der Waals surface area contributed by atoms with Gasteiger partial charge in [-0.15, -0.1) is 0 Å². The molecule has 2 amide bonds. The van der Waals surface area contributed by atoms with Crippen LogP contribution in [-0.4, -0.2) is 36.9 Å². The number of ether oxygens (including phenoxy) is 1. The third kappa shape index (κ3) is 4.39. The van der Waals surface area contributed by atoms with Gasteiger partial charge in [-0.05, 0) is 42.0 Å². The van der Waals surface area contributed by atoms with Crippen molar-refractivity contribution in [3.8, 4) is 5.75 Å². The first kappa shape index (κ1) is 17.9. The molecule has 0 saturated carbocycles. The van der Waals surface area contributed by atoms with E-state index >= 15 is 0 Å². The molecule has 1 aliphatic rings. The minimum atomic E-state index is -0.291. The summed E-state index contributed by atoms with van der Waals surface area (Å²) in [5, 5.41) is 2.88. The summed E-state index contributed by atoms with van der Waals surface area (Å²) in [6.45, 7) is 1.48. The van der Waals surface area contributed by atoms with Gasteiger partial charge in [-0.25, -0.2) is 4.39 Å². The van der Waals surface area contributed by atoms with Gasteiger partial charge in [-0.3, -0.25) is 9.59 Å². The minimum absolute atomic E-state index is 0.0537. The molecule has 26 heavy (non-hydrogen) atoms. The molecule has 1 saturated heterocycles. The zero-order valence-electron chi connectivity index (χ0n) is 14.6. The van der Waals surface area contributed by atoms with Gasteiger partial charge in [0.05, 0.1) is 7.11 Å². The molecule has 1 atom stereocenters. The Hall–Kier alpha value is -2.89. The highest BCUT2D eigenvalue weighted by Crippen LogP contribution is 2.20. The molecule has 0 aromatic heterocycles. The van der Waals surface area contributed by atoms with Crippen LogP contribution < -0.4 is 10.1 Å². The Balaban J connectivity index is 1.50. The third-order valence-electron chi connectivity index (χ3n) is 4.48. The normalized spacial score (nSPS) is 16.6. The number of nitrogens with one attached hydrogen (secondary N) is 1. The smallest absolute Gasteiger partial charge is 0.251 e. The highest BCUT2D eigenvalue weighted by atomic mass is 19.1. The van der Waals surface area contributed by atoms with Crippen LogP contribution in [0.2, 0.25) is 0 Å². The maximum atomic E-state index is 13.0. The van der Waals surface area contributed by atoms with E-state index in [-0.39, 0.29) is 23.5 Å². The van der Waals surface area contributed by atoms with Gasteiger partial charge in [0.25, 0.3) is 5.91 Å². The fourth-order valence-electron chi connectivity index (χ4n) is 3.04. The Labute approximate surface area is 151 Å². The van der Waals surface area contributed by atoms with Crippen molar-refractivity contribution in [2.45, 2.75) is 13.0 Å². The monoisotopic (exact) mass is 356 g/mol. The molecular formula is C20H21FN2O3. The number of hydrogen-bond acceptors (Lipinski definition) is 3. The predicted molar refractivity (Wildman–Crippen MR) is 95.3 cm³/mol. The fourth-order valence-corrected chi connectivity index (χ4v) is 3.04. The number of methoxy groups -OCH3 is 1. The van der Waals surface area contributed by atoms with E-state index in [1.807, 2.05) is 0 Å². The number of rotatable bonds is 6. The molecular weight excluding hydrogens is 335 g/mol. The molecule has 1 aliphatic heterocycles. The molecule has 1 fully saturated rings. The van der Waals surface area contributed by atoms with Crippen molar-refractivity contribution < 1.29 is 18.7 Å². The maximum absolute atomic E-state index is 13.0. The molecule has 2 aromatic rings. The molecule has 0 spiro atoms. The van der Waals surface area contributed by atoms with Gasteiger partial charge in [0, 0.05) is 37.5 Å². The van der Waals surface area contributed by atoms with Crippen LogP contribution in [0.25, 0.3) is 0 Å². The SMILES string of the molecule is COc1ccc(C(=O)NC[C@@H]2CC(=O)N(Cc3ccc(F)cc3)C2)cc1. The first-order chi connectivity index (χ1) is 12.5. The standard InChI is InChI=1S/C20H21FN2O3/c1-26-18-8-4-16(5-9-18)20(25)22-11-15-10-19(24)23(13-15)12-14-2-6-17(21)7-3-14/h2-9,15H,10-13H2,1H3,(H,22,25)/t15-/m0/s1. The molecule has 0 bridgehead atoms. The zero-order valence-corrected chi connectivity index (χ0v) is 14.6. The Morgan fingerprint density at radius 3 is 2.54 bits per heavy atom. The topological polar surface area (TPSA) is 58.6 Å². The van der Waals surface area contributed by atoms with Gasteiger partial charge in [-0.2, -0.15) is 0 Å². The molecule has 6 heteroatoms. The lowest BCUT2D eigenvalue weighted by Gasteiger charge is -2.17. The van der Waals surface area contributed by atoms with E-state index in [1.165, 1.54) is 12.1 Å². The van der Waals surface area contributed by atoms with Crippen LogP contribution in [0.3, 0.4) is 0 Å². The molecule has 1 heterocycles. The number of benzene rings is 2. The van der Waals surface area contributed by atoms with Crippen LogP contribution >= 0.6 is 0 Å². The summed E-state index contributed by atoms with van der Waals surface area (Å²) in [5.74, 6) is 0.361. The van der Waals surface area contributed by atoms with Crippen LogP contribution in [0.15, 0.2) is 48.5 Å². The summed E-state index contributed by atoms with van der Waals surface area (Å²) < 4.78 is 18.0. The quantitative estimate of drug-likeness (QED) is 0.866. The van der Waals surface area contributed by atoms with Gasteiger partial charge < -0.3 is 15.0 Å². The second-order valence-electron chi connectivity index (χ2n) is 6.41. The minimum Gasteiger partial charge on any atom is -0.497 e. The summed E-state index contributed by atoms with van der Waals surface area (Å²) in [6, 6.07) is 13.0. The Morgan fingerprint density at radius 1 is 1.19 bits per heavy atom. The van der Waals surface area contributed by atoms with Crippen molar-refractivity contribution in [3.63, 3.8) is 0 Å². The van der Waals surface area contributed by atoms with Gasteiger partial charge in [0.2, 0.25) is 5.91 Å². The summed E-state index contributed by atoms with van der Waals surface area (Å²) in [6.07, 6.45) is 0.407. The van der Waals surface area contributed by atoms with Crippen molar-refractivity contribution in [2.24, 2.45) is 5.92 Å².